The number of nitrogens with one attached hydrogen (secondary N) is 2. The Balaban J connectivity index is 1.71. The lowest BCUT2D eigenvalue weighted by Crippen LogP contribution is -2.42. The van der Waals surface area contributed by atoms with Gasteiger partial charge in [-0.25, -0.2) is 9.78 Å². The van der Waals surface area contributed by atoms with Gasteiger partial charge in [-0.3, -0.25) is 4.79 Å². The Morgan fingerprint density at radius 3 is 2.65 bits per heavy atom. The average Bonchev–Trinajstić information content (AvgIpc) is 3.33. The molecule has 1 atom stereocenters. The Morgan fingerprint density at radius 2 is 2.04 bits per heavy atom. The molecule has 134 valence electrons. The topological polar surface area (TPSA) is 117 Å². The molecule has 1 amide bonds. The summed E-state index contributed by atoms with van der Waals surface area (Å²) in [6.45, 7) is 0. The number of nitrogens with zero attached hydrogens (tertiary/aromatic N) is 1. The maximum atomic E-state index is 12.3. The number of carboxylic acids is 1. The molecule has 0 fully saturated rings. The third kappa shape index (κ3) is 3.92. The minimum absolute atomic E-state index is 0.0340. The Bertz CT molecular complexity index is 884. The molecule has 1 unspecified atom stereocenters. The molecule has 0 spiro atoms. The van der Waals surface area contributed by atoms with Gasteiger partial charge in [0.1, 0.15) is 17.6 Å². The summed E-state index contributed by atoms with van der Waals surface area (Å²) in [5, 5.41) is 11.8. The molecule has 1 aromatic carbocycles. The van der Waals surface area contributed by atoms with Crippen LogP contribution in [-0.2, 0) is 11.2 Å². The number of benzene rings is 1. The molecule has 26 heavy (non-hydrogen) atoms. The van der Waals surface area contributed by atoms with Crippen molar-refractivity contribution in [3.8, 4) is 17.1 Å². The number of amides is 1. The molecular formula is C18H17N3O5. The fraction of sp³-hybridized carbons (Fsp3) is 0.167. The number of aliphatic carboxylic acids is 1. The summed E-state index contributed by atoms with van der Waals surface area (Å²) in [7, 11) is 1.58. The van der Waals surface area contributed by atoms with E-state index < -0.39 is 17.9 Å². The predicted molar refractivity (Wildman–Crippen MR) is 91.9 cm³/mol. The number of H-pyrrole nitrogens is 1. The Hall–Kier alpha value is -3.55. The molecule has 8 heteroatoms. The van der Waals surface area contributed by atoms with Crippen molar-refractivity contribution < 1.29 is 23.8 Å². The summed E-state index contributed by atoms with van der Waals surface area (Å²) in [6.07, 6.45) is 3.05. The third-order valence-electron chi connectivity index (χ3n) is 3.79. The number of ether oxygens (including phenoxy) is 1. The molecule has 0 aliphatic heterocycles. The number of aromatic amines is 1. The number of imidazole rings is 1. The van der Waals surface area contributed by atoms with E-state index in [0.717, 1.165) is 5.56 Å². The molecule has 0 saturated carbocycles. The summed E-state index contributed by atoms with van der Waals surface area (Å²) in [5.74, 6) is -0.502. The molecular weight excluding hydrogens is 338 g/mol. The zero-order valence-electron chi connectivity index (χ0n) is 13.9. The number of carbonyl (C=O) groups excluding carboxylic acids is 1. The van der Waals surface area contributed by atoms with Gasteiger partial charge in [0.15, 0.2) is 5.76 Å². The minimum atomic E-state index is -1.14. The monoisotopic (exact) mass is 355 g/mol. The summed E-state index contributed by atoms with van der Waals surface area (Å²) in [6, 6.07) is 9.23. The summed E-state index contributed by atoms with van der Waals surface area (Å²) < 4.78 is 10.7. The lowest BCUT2D eigenvalue weighted by atomic mass is 10.1. The summed E-state index contributed by atoms with van der Waals surface area (Å²) >= 11 is 0. The van der Waals surface area contributed by atoms with Crippen LogP contribution in [0.15, 0.2) is 53.3 Å². The highest BCUT2D eigenvalue weighted by atomic mass is 16.5. The first kappa shape index (κ1) is 17.3. The zero-order valence-corrected chi connectivity index (χ0v) is 13.9. The largest absolute Gasteiger partial charge is 0.497 e. The van der Waals surface area contributed by atoms with E-state index in [1.54, 1.807) is 37.4 Å². The second-order valence-electron chi connectivity index (χ2n) is 5.54. The minimum Gasteiger partial charge on any atom is -0.497 e. The highest BCUT2D eigenvalue weighted by molar-refractivity contribution is 5.94. The van der Waals surface area contributed by atoms with Crippen LogP contribution in [-0.4, -0.2) is 40.1 Å². The van der Waals surface area contributed by atoms with Crippen LogP contribution < -0.4 is 10.1 Å². The van der Waals surface area contributed by atoms with Crippen LogP contribution in [0, 0.1) is 0 Å². The van der Waals surface area contributed by atoms with E-state index in [2.05, 4.69) is 15.3 Å². The van der Waals surface area contributed by atoms with Crippen molar-refractivity contribution in [2.75, 3.05) is 7.11 Å². The molecule has 2 heterocycles. The van der Waals surface area contributed by atoms with Crippen LogP contribution in [0.5, 0.6) is 5.75 Å². The Morgan fingerprint density at radius 1 is 1.27 bits per heavy atom. The second-order valence-corrected chi connectivity index (χ2v) is 5.54. The van der Waals surface area contributed by atoms with E-state index in [1.165, 1.54) is 18.6 Å². The summed E-state index contributed by atoms with van der Waals surface area (Å²) in [5.41, 5.74) is 1.38. The van der Waals surface area contributed by atoms with E-state index in [-0.39, 0.29) is 12.2 Å². The first-order chi connectivity index (χ1) is 12.6. The zero-order chi connectivity index (χ0) is 18.5. The molecule has 0 aliphatic rings. The highest BCUT2D eigenvalue weighted by Gasteiger charge is 2.23. The normalized spacial score (nSPS) is 11.7. The molecule has 2 aromatic heterocycles. The van der Waals surface area contributed by atoms with Crippen molar-refractivity contribution in [1.82, 2.24) is 15.3 Å². The van der Waals surface area contributed by atoms with Crippen molar-refractivity contribution >= 4 is 11.9 Å². The maximum absolute atomic E-state index is 12.3. The number of carboxylic acid groups (broad SMARTS) is 1. The van der Waals surface area contributed by atoms with E-state index >= 15 is 0 Å². The van der Waals surface area contributed by atoms with Gasteiger partial charge in [0.2, 0.25) is 0 Å². The van der Waals surface area contributed by atoms with Crippen LogP contribution >= 0.6 is 0 Å². The van der Waals surface area contributed by atoms with Crippen molar-refractivity contribution in [1.29, 1.82) is 0 Å². The lowest BCUT2D eigenvalue weighted by molar-refractivity contribution is -0.139. The number of furan rings is 1. The van der Waals surface area contributed by atoms with Gasteiger partial charge in [-0.1, -0.05) is 0 Å². The van der Waals surface area contributed by atoms with E-state index in [4.69, 9.17) is 9.15 Å². The van der Waals surface area contributed by atoms with Crippen molar-refractivity contribution in [3.63, 3.8) is 0 Å². The maximum Gasteiger partial charge on any atom is 0.326 e. The van der Waals surface area contributed by atoms with Gasteiger partial charge in [-0.2, -0.15) is 0 Å². The summed E-state index contributed by atoms with van der Waals surface area (Å²) in [4.78, 5) is 30.4. The number of hydrogen-bond donors (Lipinski definition) is 3. The van der Waals surface area contributed by atoms with Gasteiger partial charge in [0.25, 0.3) is 5.91 Å². The number of carbonyl (C=O) groups is 2. The molecule has 0 bridgehead atoms. The highest BCUT2D eigenvalue weighted by Crippen LogP contribution is 2.24. The number of methoxy groups -OCH3 is 1. The quantitative estimate of drug-likeness (QED) is 0.597. The van der Waals surface area contributed by atoms with Crippen molar-refractivity contribution in [2.45, 2.75) is 12.5 Å². The standard InChI is InChI=1S/C18H17N3O5/c1-25-13-4-2-11(3-5-13)15-6-7-16(26-15)17(22)21-14(18(23)24)8-12-9-19-10-20-12/h2-7,9-10,14H,8H2,1H3,(H,19,20)(H,21,22)(H,23,24). The first-order valence-corrected chi connectivity index (χ1v) is 7.82. The molecule has 0 saturated heterocycles. The van der Waals surface area contributed by atoms with Crippen LogP contribution in [0.4, 0.5) is 0 Å². The number of aromatic nitrogens is 2. The van der Waals surface area contributed by atoms with Gasteiger partial charge >= 0.3 is 5.97 Å². The third-order valence-corrected chi connectivity index (χ3v) is 3.79. The van der Waals surface area contributed by atoms with Crippen LogP contribution in [0.25, 0.3) is 11.3 Å². The van der Waals surface area contributed by atoms with Crippen LogP contribution in [0.2, 0.25) is 0 Å². The van der Waals surface area contributed by atoms with Gasteiger partial charge in [0.05, 0.1) is 13.4 Å². The van der Waals surface area contributed by atoms with Crippen LogP contribution in [0.3, 0.4) is 0 Å². The van der Waals surface area contributed by atoms with Gasteiger partial charge in [0, 0.05) is 23.9 Å². The van der Waals surface area contributed by atoms with Gasteiger partial charge in [-0.15, -0.1) is 0 Å². The SMILES string of the molecule is COc1ccc(-c2ccc(C(=O)NC(Cc3cnc[nH]3)C(=O)O)o2)cc1. The predicted octanol–water partition coefficient (Wildman–Crippen LogP) is 2.10. The van der Waals surface area contributed by atoms with E-state index in [1.807, 2.05) is 0 Å². The fourth-order valence-electron chi connectivity index (χ4n) is 2.42. The number of hydrogen-bond acceptors (Lipinski definition) is 5. The van der Waals surface area contributed by atoms with Crippen LogP contribution in [0.1, 0.15) is 16.2 Å². The molecule has 0 radical (unpaired) electrons. The fourth-order valence-corrected chi connectivity index (χ4v) is 2.42. The van der Waals surface area contributed by atoms with Crippen molar-refractivity contribution in [3.05, 3.63) is 60.4 Å². The molecule has 3 N–H and O–H groups in total. The first-order valence-electron chi connectivity index (χ1n) is 7.82. The van der Waals surface area contributed by atoms with Crippen molar-refractivity contribution in [2.24, 2.45) is 0 Å². The van der Waals surface area contributed by atoms with E-state index in [9.17, 15) is 14.7 Å². The average molecular weight is 355 g/mol. The Labute approximate surface area is 148 Å². The second kappa shape index (κ2) is 7.56. The molecule has 3 rings (SSSR count). The van der Waals surface area contributed by atoms with Gasteiger partial charge < -0.3 is 24.6 Å². The molecule has 8 nitrogen and oxygen atoms in total. The molecule has 3 aromatic rings. The lowest BCUT2D eigenvalue weighted by Gasteiger charge is -2.12. The molecule has 0 aliphatic carbocycles. The smallest absolute Gasteiger partial charge is 0.326 e. The van der Waals surface area contributed by atoms with Gasteiger partial charge in [-0.05, 0) is 36.4 Å². The number of rotatable bonds is 7. The van der Waals surface area contributed by atoms with E-state index in [0.29, 0.717) is 17.2 Å². The Kier molecular flexibility index (Phi) is 5.02.